The van der Waals surface area contributed by atoms with Crippen LogP contribution in [0.25, 0.3) is 0 Å². The van der Waals surface area contributed by atoms with Crippen LogP contribution in [0.5, 0.6) is 5.75 Å². The first-order chi connectivity index (χ1) is 4.34. The molecule has 3 heteroatoms. The van der Waals surface area contributed by atoms with Crippen LogP contribution in [-0.2, 0) is 0 Å². The van der Waals surface area contributed by atoms with Gasteiger partial charge in [0.15, 0.2) is 0 Å². The molecule has 0 radical (unpaired) electrons. The minimum Gasteiger partial charge on any atom is -0.490 e. The van der Waals surface area contributed by atoms with E-state index in [2.05, 4.69) is 9.15 Å². The van der Waals surface area contributed by atoms with Gasteiger partial charge in [0.25, 0.3) is 0 Å². The maximum Gasteiger partial charge on any atom is 0.226 e. The van der Waals surface area contributed by atoms with Gasteiger partial charge in [0.2, 0.25) is 11.2 Å². The molecule has 0 N–H and O–H groups in total. The molecule has 0 spiro atoms. The minimum atomic E-state index is -0.163. The highest BCUT2D eigenvalue weighted by Crippen LogP contribution is 1.97. The van der Waals surface area contributed by atoms with Crippen molar-refractivity contribution in [2.24, 2.45) is 0 Å². The zero-order chi connectivity index (χ0) is 6.69. The Morgan fingerprint density at radius 1 is 1.67 bits per heavy atom. The van der Waals surface area contributed by atoms with Gasteiger partial charge in [-0.25, -0.2) is 0 Å². The van der Waals surface area contributed by atoms with Gasteiger partial charge in [-0.3, -0.25) is 4.79 Å². The summed E-state index contributed by atoms with van der Waals surface area (Å²) in [5, 5.41) is 0. The molecule has 48 valence electrons. The second-order valence-electron chi connectivity index (χ2n) is 1.49. The van der Waals surface area contributed by atoms with Crippen molar-refractivity contribution in [2.75, 3.05) is 7.11 Å². The minimum absolute atomic E-state index is 0.163. The predicted octanol–water partition coefficient (Wildman–Crippen LogP) is 0.648. The van der Waals surface area contributed by atoms with Gasteiger partial charge in [0.05, 0.1) is 13.4 Å². The largest absolute Gasteiger partial charge is 0.490 e. The van der Waals surface area contributed by atoms with E-state index >= 15 is 0 Å². The van der Waals surface area contributed by atoms with Crippen molar-refractivity contribution in [1.29, 1.82) is 0 Å². The van der Waals surface area contributed by atoms with Crippen LogP contribution in [0.2, 0.25) is 0 Å². The van der Waals surface area contributed by atoms with Gasteiger partial charge in [0, 0.05) is 6.07 Å². The summed E-state index contributed by atoms with van der Waals surface area (Å²) in [5.41, 5.74) is -0.163. The zero-order valence-electron chi connectivity index (χ0n) is 4.96. The van der Waals surface area contributed by atoms with Crippen LogP contribution < -0.4 is 10.2 Å². The van der Waals surface area contributed by atoms with E-state index in [1.165, 1.54) is 25.7 Å². The average Bonchev–Trinajstić information content (AvgIpc) is 1.89. The molecule has 1 aromatic rings. The van der Waals surface area contributed by atoms with E-state index in [9.17, 15) is 4.79 Å². The lowest BCUT2D eigenvalue weighted by molar-refractivity contribution is 0.387. The summed E-state index contributed by atoms with van der Waals surface area (Å²) in [6, 6.07) is 1.30. The molecule has 0 aliphatic carbocycles. The van der Waals surface area contributed by atoms with Gasteiger partial charge in [-0.2, -0.15) is 0 Å². The third-order valence-electron chi connectivity index (χ3n) is 0.936. The Kier molecular flexibility index (Phi) is 1.53. The summed E-state index contributed by atoms with van der Waals surface area (Å²) >= 11 is 0. The van der Waals surface area contributed by atoms with Crippen molar-refractivity contribution in [3.63, 3.8) is 0 Å². The molecule has 0 saturated carbocycles. The van der Waals surface area contributed by atoms with Crippen molar-refractivity contribution in [3.8, 4) is 5.75 Å². The monoisotopic (exact) mass is 126 g/mol. The molecule has 9 heavy (non-hydrogen) atoms. The normalized spacial score (nSPS) is 9.00. The van der Waals surface area contributed by atoms with Crippen LogP contribution in [0.4, 0.5) is 0 Å². The smallest absolute Gasteiger partial charge is 0.226 e. The lowest BCUT2D eigenvalue weighted by Gasteiger charge is -1.92. The molecule has 0 amide bonds. The molecule has 0 aliphatic heterocycles. The van der Waals surface area contributed by atoms with E-state index in [4.69, 9.17) is 0 Å². The summed E-state index contributed by atoms with van der Waals surface area (Å²) < 4.78 is 9.29. The molecule has 0 aliphatic rings. The van der Waals surface area contributed by atoms with E-state index in [0.717, 1.165) is 0 Å². The molecular formula is C6H6O3. The Labute approximate surface area is 51.9 Å². The lowest BCUT2D eigenvalue weighted by atomic mass is 10.5. The summed E-state index contributed by atoms with van der Waals surface area (Å²) in [6.45, 7) is 0. The van der Waals surface area contributed by atoms with Gasteiger partial charge >= 0.3 is 0 Å². The number of rotatable bonds is 1. The molecule has 3 nitrogen and oxygen atoms in total. The van der Waals surface area contributed by atoms with Crippen LogP contribution in [0.15, 0.2) is 27.8 Å². The topological polar surface area (TPSA) is 39.4 Å². The van der Waals surface area contributed by atoms with Crippen LogP contribution >= 0.6 is 0 Å². The Morgan fingerprint density at radius 2 is 2.44 bits per heavy atom. The molecule has 0 atom stereocenters. The van der Waals surface area contributed by atoms with Crippen molar-refractivity contribution in [1.82, 2.24) is 0 Å². The Balaban J connectivity index is 3.16. The highest BCUT2D eigenvalue weighted by atomic mass is 16.5. The molecular weight excluding hydrogens is 120 g/mol. The highest BCUT2D eigenvalue weighted by molar-refractivity contribution is 5.13. The van der Waals surface area contributed by atoms with Crippen molar-refractivity contribution in [2.45, 2.75) is 0 Å². The molecule has 1 heterocycles. The standard InChI is InChI=1S/C6H6O3/c1-8-6-4-9-3-2-5(6)7/h2-4H,1H3. The Morgan fingerprint density at radius 3 is 2.89 bits per heavy atom. The fraction of sp³-hybridized carbons (Fsp3) is 0.167. The third-order valence-corrected chi connectivity index (χ3v) is 0.936. The summed E-state index contributed by atoms with van der Waals surface area (Å²) in [4.78, 5) is 10.7. The van der Waals surface area contributed by atoms with Crippen LogP contribution in [-0.4, -0.2) is 7.11 Å². The Bertz CT molecular complexity index is 238. The van der Waals surface area contributed by atoms with Crippen LogP contribution in [0.3, 0.4) is 0 Å². The average molecular weight is 126 g/mol. The second kappa shape index (κ2) is 2.35. The van der Waals surface area contributed by atoms with E-state index < -0.39 is 0 Å². The van der Waals surface area contributed by atoms with E-state index in [1.54, 1.807) is 0 Å². The maximum atomic E-state index is 10.7. The van der Waals surface area contributed by atoms with Gasteiger partial charge in [-0.15, -0.1) is 0 Å². The first kappa shape index (κ1) is 5.88. The van der Waals surface area contributed by atoms with Gasteiger partial charge < -0.3 is 9.15 Å². The molecule has 1 aromatic heterocycles. The molecule has 1 rings (SSSR count). The van der Waals surface area contributed by atoms with Crippen molar-refractivity contribution in [3.05, 3.63) is 28.8 Å². The first-order valence-electron chi connectivity index (χ1n) is 2.45. The maximum absolute atomic E-state index is 10.7. The third kappa shape index (κ3) is 1.10. The van der Waals surface area contributed by atoms with E-state index in [0.29, 0.717) is 0 Å². The van der Waals surface area contributed by atoms with Gasteiger partial charge in [0.1, 0.15) is 6.26 Å². The quantitative estimate of drug-likeness (QED) is 0.554. The molecule has 0 aromatic carbocycles. The van der Waals surface area contributed by atoms with Crippen LogP contribution in [0.1, 0.15) is 0 Å². The van der Waals surface area contributed by atoms with Crippen molar-refractivity contribution < 1.29 is 9.15 Å². The van der Waals surface area contributed by atoms with Crippen LogP contribution in [0, 0.1) is 0 Å². The van der Waals surface area contributed by atoms with Gasteiger partial charge in [-0.05, 0) is 0 Å². The number of methoxy groups -OCH3 is 1. The van der Waals surface area contributed by atoms with Gasteiger partial charge in [-0.1, -0.05) is 0 Å². The summed E-state index contributed by atoms with van der Waals surface area (Å²) in [5.74, 6) is 0.234. The molecule has 0 bridgehead atoms. The molecule has 0 saturated heterocycles. The fourth-order valence-electron chi connectivity index (χ4n) is 0.491. The zero-order valence-corrected chi connectivity index (χ0v) is 4.96. The summed E-state index contributed by atoms with van der Waals surface area (Å²) in [7, 11) is 1.42. The van der Waals surface area contributed by atoms with Crippen molar-refractivity contribution >= 4 is 0 Å². The number of hydrogen-bond donors (Lipinski definition) is 0. The van der Waals surface area contributed by atoms with E-state index in [-0.39, 0.29) is 11.2 Å². The van der Waals surface area contributed by atoms with E-state index in [1.807, 2.05) is 0 Å². The first-order valence-corrected chi connectivity index (χ1v) is 2.45. The molecule has 0 fully saturated rings. The fourth-order valence-corrected chi connectivity index (χ4v) is 0.491. The lowest BCUT2D eigenvalue weighted by Crippen LogP contribution is -2.01. The second-order valence-corrected chi connectivity index (χ2v) is 1.49. The number of ether oxygens (including phenoxy) is 1. The molecule has 0 unspecified atom stereocenters. The number of hydrogen-bond acceptors (Lipinski definition) is 3. The SMILES string of the molecule is COc1coccc1=O. The Hall–Kier alpha value is -1.25. The highest BCUT2D eigenvalue weighted by Gasteiger charge is 1.93. The summed E-state index contributed by atoms with van der Waals surface area (Å²) in [6.07, 6.45) is 2.58. The predicted molar refractivity (Wildman–Crippen MR) is 31.5 cm³/mol.